The van der Waals surface area contributed by atoms with Gasteiger partial charge < -0.3 is 4.74 Å². The van der Waals surface area contributed by atoms with E-state index >= 15 is 0 Å². The van der Waals surface area contributed by atoms with Crippen LogP contribution < -0.4 is 10.3 Å². The average Bonchev–Trinajstić information content (AvgIpc) is 2.98. The maximum absolute atomic E-state index is 12.2. The summed E-state index contributed by atoms with van der Waals surface area (Å²) in [6.07, 6.45) is 1.10. The number of aromatic nitrogens is 2. The molecule has 1 aromatic heterocycles. The fourth-order valence-electron chi connectivity index (χ4n) is 3.06. The van der Waals surface area contributed by atoms with Crippen molar-refractivity contribution in [2.24, 2.45) is 0 Å². The number of ether oxygens (including phenoxy) is 1. The molecule has 1 atom stereocenters. The summed E-state index contributed by atoms with van der Waals surface area (Å²) in [4.78, 5) is 12.2. The van der Waals surface area contributed by atoms with Gasteiger partial charge in [-0.05, 0) is 54.4 Å². The zero-order valence-electron chi connectivity index (χ0n) is 13.8. The van der Waals surface area contributed by atoms with E-state index in [9.17, 15) is 4.79 Å². The van der Waals surface area contributed by atoms with E-state index < -0.39 is 0 Å². The van der Waals surface area contributed by atoms with E-state index in [0.717, 1.165) is 29.0 Å². The Kier molecular flexibility index (Phi) is 4.06. The van der Waals surface area contributed by atoms with E-state index in [-0.39, 0.29) is 11.7 Å². The summed E-state index contributed by atoms with van der Waals surface area (Å²) in [5.41, 5.74) is 3.80. The summed E-state index contributed by atoms with van der Waals surface area (Å²) in [7, 11) is 0. The molecule has 0 unspecified atom stereocenters. The largest absolute Gasteiger partial charge is 0.490 e. The highest BCUT2D eigenvalue weighted by molar-refractivity contribution is 6.30. The molecule has 0 radical (unpaired) electrons. The Labute approximate surface area is 150 Å². The average molecular weight is 353 g/mol. The molecule has 3 aromatic rings. The maximum Gasteiger partial charge on any atom is 0.267 e. The van der Waals surface area contributed by atoms with Crippen molar-refractivity contribution in [3.05, 3.63) is 81.1 Å². The molecule has 5 heteroatoms. The van der Waals surface area contributed by atoms with Crippen molar-refractivity contribution in [2.75, 3.05) is 0 Å². The Morgan fingerprint density at radius 3 is 2.76 bits per heavy atom. The van der Waals surface area contributed by atoms with Crippen LogP contribution in [0.15, 0.2) is 59.4 Å². The highest BCUT2D eigenvalue weighted by atomic mass is 35.5. The third-order valence-corrected chi connectivity index (χ3v) is 4.56. The summed E-state index contributed by atoms with van der Waals surface area (Å²) in [5, 5.41) is 5.21. The van der Waals surface area contributed by atoms with E-state index in [4.69, 9.17) is 16.3 Å². The number of hydrogen-bond donors (Lipinski definition) is 0. The molecule has 4 rings (SSSR count). The van der Waals surface area contributed by atoms with Gasteiger partial charge in [-0.25, -0.2) is 4.68 Å². The molecule has 0 saturated carbocycles. The molecule has 0 bridgehead atoms. The fraction of sp³-hybridized carbons (Fsp3) is 0.200. The van der Waals surface area contributed by atoms with Gasteiger partial charge in [0.2, 0.25) is 0 Å². The van der Waals surface area contributed by atoms with Crippen LogP contribution in [0.25, 0.3) is 11.3 Å². The fourth-order valence-corrected chi connectivity index (χ4v) is 3.19. The third kappa shape index (κ3) is 3.30. The number of benzene rings is 2. The van der Waals surface area contributed by atoms with Crippen molar-refractivity contribution < 1.29 is 4.74 Å². The standard InChI is InChI=1S/C20H17ClN2O2/c1-13-10-16-11-15(4-8-19(16)25-13)18-7-9-20(24)23(22-18)12-14-2-5-17(21)6-3-14/h2-9,11,13H,10,12H2,1H3/t13-/m1/s1. The number of hydrogen-bond acceptors (Lipinski definition) is 3. The topological polar surface area (TPSA) is 44.1 Å². The zero-order valence-corrected chi connectivity index (χ0v) is 14.5. The normalized spacial score (nSPS) is 15.7. The van der Waals surface area contributed by atoms with E-state index in [2.05, 4.69) is 18.1 Å². The number of halogens is 1. The Bertz CT molecular complexity index is 980. The summed E-state index contributed by atoms with van der Waals surface area (Å²) in [6.45, 7) is 2.47. The monoisotopic (exact) mass is 352 g/mol. The number of fused-ring (bicyclic) bond motifs is 1. The molecule has 0 fully saturated rings. The summed E-state index contributed by atoms with van der Waals surface area (Å²) in [6, 6.07) is 16.8. The second-order valence-corrected chi connectivity index (χ2v) is 6.73. The minimum Gasteiger partial charge on any atom is -0.490 e. The first-order chi connectivity index (χ1) is 12.1. The first-order valence-electron chi connectivity index (χ1n) is 8.21. The van der Waals surface area contributed by atoms with Gasteiger partial charge in [0.05, 0.1) is 12.2 Å². The molecule has 2 aromatic carbocycles. The molecular formula is C20H17ClN2O2. The van der Waals surface area contributed by atoms with Gasteiger partial charge in [0.15, 0.2) is 0 Å². The minimum atomic E-state index is -0.128. The van der Waals surface area contributed by atoms with Gasteiger partial charge in [0.1, 0.15) is 11.9 Å². The smallest absolute Gasteiger partial charge is 0.267 e. The van der Waals surface area contributed by atoms with Crippen LogP contribution in [0.3, 0.4) is 0 Å². The van der Waals surface area contributed by atoms with Crippen LogP contribution in [0.1, 0.15) is 18.1 Å². The van der Waals surface area contributed by atoms with Gasteiger partial charge in [0.25, 0.3) is 5.56 Å². The van der Waals surface area contributed by atoms with Gasteiger partial charge in [-0.1, -0.05) is 23.7 Å². The van der Waals surface area contributed by atoms with Crippen LogP contribution in [0.4, 0.5) is 0 Å². The van der Waals surface area contributed by atoms with E-state index in [1.54, 1.807) is 12.1 Å². The van der Waals surface area contributed by atoms with Crippen molar-refractivity contribution in [1.29, 1.82) is 0 Å². The molecule has 0 N–H and O–H groups in total. The predicted octanol–water partition coefficient (Wildman–Crippen LogP) is 3.94. The first kappa shape index (κ1) is 15.9. The molecule has 1 aliphatic heterocycles. The van der Waals surface area contributed by atoms with Crippen LogP contribution in [0.2, 0.25) is 5.02 Å². The van der Waals surface area contributed by atoms with Crippen LogP contribution in [0.5, 0.6) is 5.75 Å². The lowest BCUT2D eigenvalue weighted by Gasteiger charge is -2.08. The van der Waals surface area contributed by atoms with Gasteiger partial charge in [-0.3, -0.25) is 4.79 Å². The van der Waals surface area contributed by atoms with Gasteiger partial charge >= 0.3 is 0 Å². The molecule has 0 aliphatic carbocycles. The van der Waals surface area contributed by atoms with Crippen molar-refractivity contribution >= 4 is 11.6 Å². The van der Waals surface area contributed by atoms with Crippen LogP contribution in [-0.2, 0) is 13.0 Å². The molecule has 25 heavy (non-hydrogen) atoms. The van der Waals surface area contributed by atoms with Crippen molar-refractivity contribution in [3.8, 4) is 17.0 Å². The van der Waals surface area contributed by atoms with Crippen molar-refractivity contribution in [3.63, 3.8) is 0 Å². The lowest BCUT2D eigenvalue weighted by atomic mass is 10.0. The Morgan fingerprint density at radius 2 is 1.96 bits per heavy atom. The van der Waals surface area contributed by atoms with Crippen LogP contribution >= 0.6 is 11.6 Å². The van der Waals surface area contributed by atoms with Gasteiger partial charge in [0, 0.05) is 23.1 Å². The van der Waals surface area contributed by atoms with Crippen LogP contribution in [-0.4, -0.2) is 15.9 Å². The quantitative estimate of drug-likeness (QED) is 0.717. The summed E-state index contributed by atoms with van der Waals surface area (Å²) < 4.78 is 7.22. The summed E-state index contributed by atoms with van der Waals surface area (Å²) in [5.74, 6) is 0.936. The second-order valence-electron chi connectivity index (χ2n) is 6.30. The molecule has 0 saturated heterocycles. The van der Waals surface area contributed by atoms with Crippen molar-refractivity contribution in [1.82, 2.24) is 9.78 Å². The molecule has 2 heterocycles. The zero-order chi connectivity index (χ0) is 17.4. The Morgan fingerprint density at radius 1 is 1.16 bits per heavy atom. The molecule has 4 nitrogen and oxygen atoms in total. The molecule has 126 valence electrons. The van der Waals surface area contributed by atoms with E-state index in [0.29, 0.717) is 11.6 Å². The van der Waals surface area contributed by atoms with Crippen LogP contribution in [0, 0.1) is 0 Å². The minimum absolute atomic E-state index is 0.128. The summed E-state index contributed by atoms with van der Waals surface area (Å²) >= 11 is 5.91. The molecular weight excluding hydrogens is 336 g/mol. The van der Waals surface area contributed by atoms with Gasteiger partial charge in [-0.2, -0.15) is 5.10 Å². The molecule has 1 aliphatic rings. The lowest BCUT2D eigenvalue weighted by molar-refractivity contribution is 0.254. The number of nitrogens with zero attached hydrogens (tertiary/aromatic N) is 2. The van der Waals surface area contributed by atoms with E-state index in [1.165, 1.54) is 10.2 Å². The SMILES string of the molecule is C[C@@H]1Cc2cc(-c3ccc(=O)n(Cc4ccc(Cl)cc4)n3)ccc2O1. The maximum atomic E-state index is 12.2. The third-order valence-electron chi connectivity index (χ3n) is 4.30. The first-order valence-corrected chi connectivity index (χ1v) is 8.59. The van der Waals surface area contributed by atoms with Crippen molar-refractivity contribution in [2.45, 2.75) is 26.0 Å². The Hall–Kier alpha value is -2.59. The molecule has 0 amide bonds. The highest BCUT2D eigenvalue weighted by Crippen LogP contribution is 2.32. The molecule has 0 spiro atoms. The predicted molar refractivity (Wildman–Crippen MR) is 98.3 cm³/mol. The lowest BCUT2D eigenvalue weighted by Crippen LogP contribution is -2.22. The highest BCUT2D eigenvalue weighted by Gasteiger charge is 2.19. The number of rotatable bonds is 3. The Balaban J connectivity index is 1.67. The van der Waals surface area contributed by atoms with E-state index in [1.807, 2.05) is 36.4 Å². The second kappa shape index (κ2) is 6.37. The van der Waals surface area contributed by atoms with Gasteiger partial charge in [-0.15, -0.1) is 0 Å².